The first-order valence-corrected chi connectivity index (χ1v) is 5.63. The molecule has 0 atom stereocenters. The fourth-order valence-corrected chi connectivity index (χ4v) is 1.80. The van der Waals surface area contributed by atoms with Gasteiger partial charge in [-0.25, -0.2) is 0 Å². The second-order valence-corrected chi connectivity index (χ2v) is 4.41. The highest BCUT2D eigenvalue weighted by atomic mass is 14.7. The Morgan fingerprint density at radius 2 is 1.69 bits per heavy atom. The van der Waals surface area contributed by atoms with Crippen LogP contribution in [0.3, 0.4) is 0 Å². The van der Waals surface area contributed by atoms with Crippen molar-refractivity contribution in [3.05, 3.63) is 64.5 Å². The summed E-state index contributed by atoms with van der Waals surface area (Å²) in [4.78, 5) is 4.30. The van der Waals surface area contributed by atoms with Gasteiger partial charge in [0.25, 0.3) is 0 Å². The standard InChI is InChI=1S/C15H17N/c1-11-4-6-14(7-5-11)9-15-8-13(3)16-10-12(15)2/h4-8,10H,9H2,1-3H3. The first kappa shape index (κ1) is 10.9. The summed E-state index contributed by atoms with van der Waals surface area (Å²) >= 11 is 0. The van der Waals surface area contributed by atoms with Crippen molar-refractivity contribution in [1.29, 1.82) is 0 Å². The highest BCUT2D eigenvalue weighted by molar-refractivity contribution is 5.32. The Morgan fingerprint density at radius 1 is 1.00 bits per heavy atom. The van der Waals surface area contributed by atoms with E-state index in [-0.39, 0.29) is 0 Å². The van der Waals surface area contributed by atoms with Crippen LogP contribution in [0.1, 0.15) is 27.9 Å². The average Bonchev–Trinajstić information content (AvgIpc) is 2.27. The molecule has 0 N–H and O–H groups in total. The largest absolute Gasteiger partial charge is 0.261 e. The van der Waals surface area contributed by atoms with Gasteiger partial charge in [-0.1, -0.05) is 29.8 Å². The molecule has 1 aromatic heterocycles. The van der Waals surface area contributed by atoms with E-state index in [0.29, 0.717) is 0 Å². The summed E-state index contributed by atoms with van der Waals surface area (Å²) in [5.74, 6) is 0. The Morgan fingerprint density at radius 3 is 2.38 bits per heavy atom. The van der Waals surface area contributed by atoms with Crippen LogP contribution in [0.4, 0.5) is 0 Å². The van der Waals surface area contributed by atoms with Crippen LogP contribution < -0.4 is 0 Å². The zero-order chi connectivity index (χ0) is 11.5. The smallest absolute Gasteiger partial charge is 0.0375 e. The van der Waals surface area contributed by atoms with Crippen molar-refractivity contribution in [2.24, 2.45) is 0 Å². The van der Waals surface area contributed by atoms with Gasteiger partial charge >= 0.3 is 0 Å². The van der Waals surface area contributed by atoms with Gasteiger partial charge in [-0.15, -0.1) is 0 Å². The van der Waals surface area contributed by atoms with Crippen LogP contribution in [0, 0.1) is 20.8 Å². The number of aryl methyl sites for hydroxylation is 3. The minimum atomic E-state index is 0.996. The van der Waals surface area contributed by atoms with Crippen LogP contribution in [-0.2, 0) is 6.42 Å². The number of rotatable bonds is 2. The summed E-state index contributed by atoms with van der Waals surface area (Å²) in [6.07, 6.45) is 2.95. The Labute approximate surface area is 97.2 Å². The van der Waals surface area contributed by atoms with Gasteiger partial charge in [0.2, 0.25) is 0 Å². The Kier molecular flexibility index (Phi) is 3.04. The van der Waals surface area contributed by atoms with Gasteiger partial charge in [0.05, 0.1) is 0 Å². The molecule has 0 aliphatic carbocycles. The molecule has 1 aromatic carbocycles. The van der Waals surface area contributed by atoms with Crippen molar-refractivity contribution in [3.8, 4) is 0 Å². The molecular weight excluding hydrogens is 194 g/mol. The SMILES string of the molecule is Cc1ccc(Cc2cc(C)ncc2C)cc1. The molecule has 0 radical (unpaired) electrons. The quantitative estimate of drug-likeness (QED) is 0.739. The normalized spacial score (nSPS) is 10.4. The summed E-state index contributed by atoms with van der Waals surface area (Å²) in [6.45, 7) is 6.28. The lowest BCUT2D eigenvalue weighted by Gasteiger charge is -2.07. The van der Waals surface area contributed by atoms with Gasteiger partial charge < -0.3 is 0 Å². The van der Waals surface area contributed by atoms with Crippen molar-refractivity contribution < 1.29 is 0 Å². The van der Waals surface area contributed by atoms with Gasteiger partial charge in [-0.3, -0.25) is 4.98 Å². The molecule has 82 valence electrons. The lowest BCUT2D eigenvalue weighted by atomic mass is 10.0. The molecule has 2 rings (SSSR count). The number of aromatic nitrogens is 1. The summed E-state index contributed by atoms with van der Waals surface area (Å²) in [7, 11) is 0. The zero-order valence-electron chi connectivity index (χ0n) is 10.1. The highest BCUT2D eigenvalue weighted by Gasteiger charge is 2.01. The molecule has 0 aliphatic heterocycles. The minimum absolute atomic E-state index is 0.996. The molecule has 0 saturated carbocycles. The lowest BCUT2D eigenvalue weighted by Crippen LogP contribution is -1.94. The van der Waals surface area contributed by atoms with Crippen molar-refractivity contribution in [3.63, 3.8) is 0 Å². The fourth-order valence-electron chi connectivity index (χ4n) is 1.80. The molecule has 2 aromatic rings. The van der Waals surface area contributed by atoms with E-state index in [4.69, 9.17) is 0 Å². The second-order valence-electron chi connectivity index (χ2n) is 4.41. The van der Waals surface area contributed by atoms with Gasteiger partial charge in [-0.2, -0.15) is 0 Å². The van der Waals surface area contributed by atoms with Crippen LogP contribution in [0.2, 0.25) is 0 Å². The van der Waals surface area contributed by atoms with Crippen molar-refractivity contribution in [2.75, 3.05) is 0 Å². The molecule has 0 aliphatic rings. The number of hydrogen-bond donors (Lipinski definition) is 0. The maximum absolute atomic E-state index is 4.30. The van der Waals surface area contributed by atoms with E-state index in [1.165, 1.54) is 22.3 Å². The first-order chi connectivity index (χ1) is 7.65. The average molecular weight is 211 g/mol. The van der Waals surface area contributed by atoms with E-state index in [1.54, 1.807) is 0 Å². The number of hydrogen-bond acceptors (Lipinski definition) is 1. The molecular formula is C15H17N. The van der Waals surface area contributed by atoms with Crippen LogP contribution in [0.25, 0.3) is 0 Å². The number of benzene rings is 1. The third kappa shape index (κ3) is 2.48. The number of nitrogens with zero attached hydrogens (tertiary/aromatic N) is 1. The molecule has 1 nitrogen and oxygen atoms in total. The predicted octanol–water partition coefficient (Wildman–Crippen LogP) is 3.60. The van der Waals surface area contributed by atoms with Gasteiger partial charge in [0, 0.05) is 11.9 Å². The van der Waals surface area contributed by atoms with E-state index < -0.39 is 0 Å². The molecule has 0 fully saturated rings. The van der Waals surface area contributed by atoms with Crippen molar-refractivity contribution in [2.45, 2.75) is 27.2 Å². The summed E-state index contributed by atoms with van der Waals surface area (Å²) in [6, 6.07) is 10.9. The van der Waals surface area contributed by atoms with Crippen molar-refractivity contribution >= 4 is 0 Å². The summed E-state index contributed by atoms with van der Waals surface area (Å²) < 4.78 is 0. The molecule has 0 amide bonds. The number of pyridine rings is 1. The highest BCUT2D eigenvalue weighted by Crippen LogP contribution is 2.14. The van der Waals surface area contributed by atoms with Crippen LogP contribution >= 0.6 is 0 Å². The summed E-state index contributed by atoms with van der Waals surface area (Å²) in [5, 5.41) is 0. The maximum Gasteiger partial charge on any atom is 0.0375 e. The fraction of sp³-hybridized carbons (Fsp3) is 0.267. The molecule has 0 bridgehead atoms. The molecule has 1 heterocycles. The van der Waals surface area contributed by atoms with Gasteiger partial charge in [-0.05, 0) is 49.9 Å². The van der Waals surface area contributed by atoms with E-state index >= 15 is 0 Å². The Bertz CT molecular complexity index is 483. The lowest BCUT2D eigenvalue weighted by molar-refractivity contribution is 1.08. The van der Waals surface area contributed by atoms with E-state index in [1.807, 2.05) is 13.1 Å². The molecule has 0 unspecified atom stereocenters. The van der Waals surface area contributed by atoms with Crippen LogP contribution in [0.5, 0.6) is 0 Å². The van der Waals surface area contributed by atoms with E-state index in [9.17, 15) is 0 Å². The van der Waals surface area contributed by atoms with E-state index in [0.717, 1.165) is 12.1 Å². The third-order valence-corrected chi connectivity index (χ3v) is 2.87. The third-order valence-electron chi connectivity index (χ3n) is 2.87. The maximum atomic E-state index is 4.30. The molecule has 16 heavy (non-hydrogen) atoms. The summed E-state index contributed by atoms with van der Waals surface area (Å²) in [5.41, 5.74) is 6.40. The monoisotopic (exact) mass is 211 g/mol. The van der Waals surface area contributed by atoms with Crippen molar-refractivity contribution in [1.82, 2.24) is 4.98 Å². The predicted molar refractivity (Wildman–Crippen MR) is 67.7 cm³/mol. The van der Waals surface area contributed by atoms with Crippen LogP contribution in [-0.4, -0.2) is 4.98 Å². The molecule has 0 spiro atoms. The Balaban J connectivity index is 2.26. The zero-order valence-corrected chi connectivity index (χ0v) is 10.1. The van der Waals surface area contributed by atoms with E-state index in [2.05, 4.69) is 49.2 Å². The molecule has 1 heteroatoms. The van der Waals surface area contributed by atoms with Gasteiger partial charge in [0.1, 0.15) is 0 Å². The molecule has 0 saturated heterocycles. The van der Waals surface area contributed by atoms with Crippen LogP contribution in [0.15, 0.2) is 36.5 Å². The van der Waals surface area contributed by atoms with Gasteiger partial charge in [0.15, 0.2) is 0 Å². The minimum Gasteiger partial charge on any atom is -0.261 e. The first-order valence-electron chi connectivity index (χ1n) is 5.63. The Hall–Kier alpha value is -1.63. The topological polar surface area (TPSA) is 12.9 Å². The second kappa shape index (κ2) is 4.48.